The van der Waals surface area contributed by atoms with Gasteiger partial charge in [-0.25, -0.2) is 9.59 Å². The molecule has 1 heterocycles. The second-order valence-corrected chi connectivity index (χ2v) is 6.87. The second-order valence-electron chi connectivity index (χ2n) is 6.87. The zero-order valence-electron chi connectivity index (χ0n) is 18.1. The lowest BCUT2D eigenvalue weighted by Crippen LogP contribution is -2.21. The average molecular weight is 547 g/mol. The van der Waals surface area contributed by atoms with Crippen LogP contribution in [-0.2, 0) is 23.7 Å². The minimum absolute atomic E-state index is 0.0640. The number of nitrogens with zero attached hydrogens (tertiary/aromatic N) is 2. The molecule has 0 bridgehead atoms. The molecule has 0 unspecified atom stereocenters. The third kappa shape index (κ3) is 8.18. The summed E-state index contributed by atoms with van der Waals surface area (Å²) in [6.45, 7) is -0.326. The van der Waals surface area contributed by atoms with E-state index in [0.717, 1.165) is 4.68 Å². The standard InChI is InChI=1S/C18H13F6N3O3.C2HF3O2/c1-29-15-26-27(16(28)30-15)14-4-2-3-13(8-14)25-9-10-5-11(17(19,20)21)7-12(6-10)18(22,23)24;3-2(4,5)1(6)7/h2-8,25H,9H2,1H3;(H,6,7). The van der Waals surface area contributed by atoms with Crippen LogP contribution in [-0.4, -0.2) is 34.1 Å². The number of carboxylic acid groups (broad SMARTS) is 1. The number of rotatable bonds is 5. The molecule has 0 spiro atoms. The molecule has 2 N–H and O–H groups in total. The van der Waals surface area contributed by atoms with Crippen molar-refractivity contribution in [2.45, 2.75) is 25.1 Å². The van der Waals surface area contributed by atoms with E-state index in [-0.39, 0.29) is 29.9 Å². The molecule has 0 aliphatic heterocycles. The van der Waals surface area contributed by atoms with Gasteiger partial charge in [0.2, 0.25) is 0 Å². The lowest BCUT2D eigenvalue weighted by Gasteiger charge is -2.15. The predicted molar refractivity (Wildman–Crippen MR) is 106 cm³/mol. The number of anilines is 1. The number of halogens is 9. The van der Waals surface area contributed by atoms with Crippen molar-refractivity contribution in [3.05, 3.63) is 69.7 Å². The minimum atomic E-state index is -5.08. The Morgan fingerprint density at radius 3 is 1.97 bits per heavy atom. The van der Waals surface area contributed by atoms with Gasteiger partial charge in [0.05, 0.1) is 23.9 Å². The van der Waals surface area contributed by atoms with E-state index in [1.54, 1.807) is 0 Å². The van der Waals surface area contributed by atoms with E-state index in [0.29, 0.717) is 17.8 Å². The number of carbonyl (C=O) groups is 1. The molecule has 37 heavy (non-hydrogen) atoms. The quantitative estimate of drug-likeness (QED) is 0.428. The molecule has 8 nitrogen and oxygen atoms in total. The van der Waals surface area contributed by atoms with Crippen LogP contribution in [0.25, 0.3) is 5.69 Å². The van der Waals surface area contributed by atoms with Crippen LogP contribution in [0.4, 0.5) is 45.2 Å². The smallest absolute Gasteiger partial charge is 0.475 e. The Hall–Kier alpha value is -4.18. The number of nitrogens with one attached hydrogen (secondary N) is 1. The first kappa shape index (κ1) is 29.1. The topological polar surface area (TPSA) is 107 Å². The molecule has 0 saturated carbocycles. The molecule has 3 rings (SSSR count). The molecular weight excluding hydrogens is 533 g/mol. The fourth-order valence-electron chi connectivity index (χ4n) is 2.58. The van der Waals surface area contributed by atoms with Crippen molar-refractivity contribution in [2.24, 2.45) is 0 Å². The summed E-state index contributed by atoms with van der Waals surface area (Å²) in [4.78, 5) is 20.7. The van der Waals surface area contributed by atoms with Gasteiger partial charge in [-0.3, -0.25) is 0 Å². The van der Waals surface area contributed by atoms with Crippen LogP contribution in [0, 0.1) is 0 Å². The number of aliphatic carboxylic acids is 1. The first-order chi connectivity index (χ1) is 16.9. The highest BCUT2D eigenvalue weighted by Crippen LogP contribution is 2.36. The molecule has 0 radical (unpaired) electrons. The molecule has 202 valence electrons. The molecule has 1 aromatic heterocycles. The maximum Gasteiger partial charge on any atom is 0.490 e. The summed E-state index contributed by atoms with van der Waals surface area (Å²) in [6, 6.07) is 7.29. The maximum absolute atomic E-state index is 13.0. The molecule has 0 saturated heterocycles. The number of carboxylic acids is 1. The highest BCUT2D eigenvalue weighted by molar-refractivity contribution is 5.73. The summed E-state index contributed by atoms with van der Waals surface area (Å²) in [5, 5.41) is 13.6. The SMILES string of the molecule is COc1nn(-c2cccc(NCc3cc(C(F)(F)F)cc(C(F)(F)F)c3)c2)c(=O)o1.O=C(O)C(F)(F)F. The van der Waals surface area contributed by atoms with Crippen LogP contribution in [0.5, 0.6) is 6.08 Å². The number of methoxy groups -OCH3 is 1. The summed E-state index contributed by atoms with van der Waals surface area (Å²) in [5.74, 6) is -3.59. The number of hydrogen-bond donors (Lipinski definition) is 2. The zero-order chi connectivity index (χ0) is 28.2. The number of hydrogen-bond acceptors (Lipinski definition) is 6. The first-order valence-corrected chi connectivity index (χ1v) is 9.48. The molecule has 3 aromatic rings. The molecule has 0 fully saturated rings. The Kier molecular flexibility index (Phi) is 8.51. The van der Waals surface area contributed by atoms with E-state index < -0.39 is 41.4 Å². The third-order valence-electron chi connectivity index (χ3n) is 4.18. The van der Waals surface area contributed by atoms with Crippen LogP contribution in [0.1, 0.15) is 16.7 Å². The number of ether oxygens (including phenoxy) is 1. The summed E-state index contributed by atoms with van der Waals surface area (Å²) < 4.78 is 120. The van der Waals surface area contributed by atoms with Gasteiger partial charge in [-0.1, -0.05) is 11.2 Å². The van der Waals surface area contributed by atoms with Crippen molar-refractivity contribution < 1.29 is 58.6 Å². The zero-order valence-corrected chi connectivity index (χ0v) is 18.1. The highest BCUT2D eigenvalue weighted by Gasteiger charge is 2.38. The normalized spacial score (nSPS) is 11.9. The summed E-state index contributed by atoms with van der Waals surface area (Å²) >= 11 is 0. The van der Waals surface area contributed by atoms with E-state index in [9.17, 15) is 44.3 Å². The van der Waals surface area contributed by atoms with Gasteiger partial charge >= 0.3 is 36.3 Å². The van der Waals surface area contributed by atoms with Gasteiger partial charge in [-0.05, 0) is 42.0 Å². The molecule has 0 atom stereocenters. The van der Waals surface area contributed by atoms with Crippen molar-refractivity contribution >= 4 is 11.7 Å². The van der Waals surface area contributed by atoms with E-state index in [1.165, 1.54) is 31.4 Å². The Bertz CT molecular complexity index is 1260. The van der Waals surface area contributed by atoms with Gasteiger partial charge in [-0.15, -0.1) is 0 Å². The maximum atomic E-state index is 13.0. The van der Waals surface area contributed by atoms with Crippen molar-refractivity contribution in [1.82, 2.24) is 9.78 Å². The van der Waals surface area contributed by atoms with Gasteiger partial charge in [0.15, 0.2) is 0 Å². The van der Waals surface area contributed by atoms with E-state index >= 15 is 0 Å². The Morgan fingerprint density at radius 2 is 1.54 bits per heavy atom. The largest absolute Gasteiger partial charge is 0.490 e. The van der Waals surface area contributed by atoms with Gasteiger partial charge in [-0.2, -0.15) is 44.2 Å². The lowest BCUT2D eigenvalue weighted by atomic mass is 10.0. The number of aromatic nitrogens is 2. The molecule has 0 aliphatic carbocycles. The van der Waals surface area contributed by atoms with Gasteiger partial charge in [0.25, 0.3) is 0 Å². The molecule has 17 heteroatoms. The predicted octanol–water partition coefficient (Wildman–Crippen LogP) is 5.12. The third-order valence-corrected chi connectivity index (χ3v) is 4.18. The van der Waals surface area contributed by atoms with E-state index in [2.05, 4.69) is 10.4 Å². The number of alkyl halides is 9. The van der Waals surface area contributed by atoms with Crippen LogP contribution in [0.2, 0.25) is 0 Å². The summed E-state index contributed by atoms with van der Waals surface area (Å²) in [7, 11) is 1.25. The summed E-state index contributed by atoms with van der Waals surface area (Å²) in [6.07, 6.45) is -15.2. The average Bonchev–Trinajstić information content (AvgIpc) is 3.17. The second kappa shape index (κ2) is 10.8. The van der Waals surface area contributed by atoms with Crippen molar-refractivity contribution in [1.29, 1.82) is 0 Å². The first-order valence-electron chi connectivity index (χ1n) is 9.48. The molecule has 2 aromatic carbocycles. The Labute approximate surface area is 199 Å². The molecule has 0 aliphatic rings. The van der Waals surface area contributed by atoms with Crippen molar-refractivity contribution in [2.75, 3.05) is 12.4 Å². The monoisotopic (exact) mass is 547 g/mol. The van der Waals surface area contributed by atoms with Crippen molar-refractivity contribution in [3.63, 3.8) is 0 Å². The number of benzene rings is 2. The summed E-state index contributed by atoms with van der Waals surface area (Å²) in [5.41, 5.74) is -2.44. The Morgan fingerprint density at radius 1 is 1.00 bits per heavy atom. The van der Waals surface area contributed by atoms with Crippen molar-refractivity contribution in [3.8, 4) is 11.8 Å². The fraction of sp³-hybridized carbons (Fsp3) is 0.250. The van der Waals surface area contributed by atoms with E-state index in [4.69, 9.17) is 19.1 Å². The molecular formula is C20H14F9N3O5. The van der Waals surface area contributed by atoms with Crippen LogP contribution < -0.4 is 15.8 Å². The lowest BCUT2D eigenvalue weighted by molar-refractivity contribution is -0.192. The van der Waals surface area contributed by atoms with Crippen LogP contribution in [0.3, 0.4) is 0 Å². The van der Waals surface area contributed by atoms with Crippen LogP contribution >= 0.6 is 0 Å². The van der Waals surface area contributed by atoms with Gasteiger partial charge in [0.1, 0.15) is 0 Å². The van der Waals surface area contributed by atoms with Gasteiger partial charge in [0, 0.05) is 12.2 Å². The van der Waals surface area contributed by atoms with Gasteiger partial charge < -0.3 is 19.6 Å². The van der Waals surface area contributed by atoms with E-state index in [1.807, 2.05) is 0 Å². The Balaban J connectivity index is 0.000000604. The van der Waals surface area contributed by atoms with Crippen LogP contribution in [0.15, 0.2) is 51.7 Å². The minimum Gasteiger partial charge on any atom is -0.475 e. The molecule has 0 amide bonds. The highest BCUT2D eigenvalue weighted by atomic mass is 19.4. The fourth-order valence-corrected chi connectivity index (χ4v) is 2.58.